The molecule has 0 radical (unpaired) electrons. The Labute approximate surface area is 379 Å². The van der Waals surface area contributed by atoms with Crippen LogP contribution in [0.5, 0.6) is 0 Å². The average Bonchev–Trinajstić information content (AvgIpc) is 3.24. The standard InChI is InChI=1S/C49H97NO11S/c1-3-5-7-9-11-13-15-16-17-18-19-20-21-22-23-24-25-26-27-29-31-33-35-37-39-45(53)50-42(43(52)38-36-34-32-30-28-14-12-10-8-6-4-2)41-59-49-47(55)48(61-62(56,57)58)46(54)44(40-51)60-49/h42-44,46-49,51-52,54-55H,3-41H2,1-2H3,(H,50,53)(H,56,57,58). The molecule has 1 aliphatic rings. The van der Waals surface area contributed by atoms with E-state index in [9.17, 15) is 38.2 Å². The van der Waals surface area contributed by atoms with Crippen molar-refractivity contribution in [1.29, 1.82) is 0 Å². The van der Waals surface area contributed by atoms with Gasteiger partial charge in [-0.1, -0.05) is 232 Å². The van der Waals surface area contributed by atoms with Crippen LogP contribution in [0.2, 0.25) is 0 Å². The van der Waals surface area contributed by atoms with Gasteiger partial charge in [0.15, 0.2) is 6.29 Å². The van der Waals surface area contributed by atoms with Crippen molar-refractivity contribution < 1.29 is 51.8 Å². The van der Waals surface area contributed by atoms with Gasteiger partial charge in [-0.2, -0.15) is 8.42 Å². The summed E-state index contributed by atoms with van der Waals surface area (Å²) >= 11 is 0. The highest BCUT2D eigenvalue weighted by Gasteiger charge is 2.48. The van der Waals surface area contributed by atoms with Gasteiger partial charge in [0.2, 0.25) is 5.91 Å². The lowest BCUT2D eigenvalue weighted by Crippen LogP contribution is -2.61. The molecule has 6 N–H and O–H groups in total. The van der Waals surface area contributed by atoms with Gasteiger partial charge in [0.1, 0.15) is 24.4 Å². The Morgan fingerprint density at radius 2 is 0.935 bits per heavy atom. The van der Waals surface area contributed by atoms with Crippen LogP contribution in [-0.2, 0) is 28.9 Å². The number of aliphatic hydroxyl groups is 4. The molecule has 370 valence electrons. The predicted octanol–water partition coefficient (Wildman–Crippen LogP) is 10.9. The van der Waals surface area contributed by atoms with Gasteiger partial charge in [0.05, 0.1) is 25.4 Å². The molecular formula is C49H97NO11S. The van der Waals surface area contributed by atoms with Gasteiger partial charge in [0.25, 0.3) is 0 Å². The van der Waals surface area contributed by atoms with E-state index in [2.05, 4.69) is 23.3 Å². The summed E-state index contributed by atoms with van der Waals surface area (Å²) in [6, 6.07) is -0.851. The third kappa shape index (κ3) is 32.7. The van der Waals surface area contributed by atoms with Gasteiger partial charge < -0.3 is 35.2 Å². The second-order valence-corrected chi connectivity index (χ2v) is 19.5. The van der Waals surface area contributed by atoms with E-state index in [0.717, 1.165) is 51.4 Å². The zero-order valence-electron chi connectivity index (χ0n) is 39.7. The van der Waals surface area contributed by atoms with E-state index in [-0.39, 0.29) is 12.5 Å². The smallest absolute Gasteiger partial charge is 0.394 e. The summed E-state index contributed by atoms with van der Waals surface area (Å²) in [5, 5.41) is 44.9. The Kier molecular flexibility index (Phi) is 38.5. The van der Waals surface area contributed by atoms with Crippen LogP contribution in [-0.4, -0.2) is 95.4 Å². The normalized spacial score (nSPS) is 20.4. The molecule has 62 heavy (non-hydrogen) atoms. The van der Waals surface area contributed by atoms with Crippen LogP contribution in [0.15, 0.2) is 0 Å². The number of hydrogen-bond donors (Lipinski definition) is 6. The monoisotopic (exact) mass is 908 g/mol. The summed E-state index contributed by atoms with van der Waals surface area (Å²) in [5.41, 5.74) is 0. The van der Waals surface area contributed by atoms with Crippen molar-refractivity contribution in [2.45, 2.75) is 294 Å². The summed E-state index contributed by atoms with van der Waals surface area (Å²) < 4.78 is 47.7. The van der Waals surface area contributed by atoms with Crippen LogP contribution < -0.4 is 5.32 Å². The lowest BCUT2D eigenvalue weighted by atomic mass is 9.99. The quantitative estimate of drug-likeness (QED) is 0.0252. The van der Waals surface area contributed by atoms with Crippen molar-refractivity contribution >= 4 is 16.3 Å². The lowest BCUT2D eigenvalue weighted by Gasteiger charge is -2.41. The van der Waals surface area contributed by atoms with Crippen molar-refractivity contribution in [1.82, 2.24) is 5.32 Å². The van der Waals surface area contributed by atoms with Crippen LogP contribution in [0, 0.1) is 0 Å². The second kappa shape index (κ2) is 40.4. The number of hydrogen-bond acceptors (Lipinski definition) is 10. The molecule has 0 saturated carbocycles. The van der Waals surface area contributed by atoms with Crippen molar-refractivity contribution in [3.8, 4) is 0 Å². The summed E-state index contributed by atoms with van der Waals surface area (Å²) in [7, 11) is -5.07. The third-order valence-corrected chi connectivity index (χ3v) is 13.1. The van der Waals surface area contributed by atoms with Crippen molar-refractivity contribution in [2.24, 2.45) is 0 Å². The molecule has 1 aliphatic heterocycles. The molecule has 12 nitrogen and oxygen atoms in total. The van der Waals surface area contributed by atoms with E-state index >= 15 is 0 Å². The number of carbonyl (C=O) groups is 1. The predicted molar refractivity (Wildman–Crippen MR) is 250 cm³/mol. The number of unbranched alkanes of at least 4 members (excludes halogenated alkanes) is 33. The molecule has 0 bridgehead atoms. The fourth-order valence-electron chi connectivity index (χ4n) is 8.64. The number of amides is 1. The number of aliphatic hydroxyl groups excluding tert-OH is 4. The highest BCUT2D eigenvalue weighted by atomic mass is 32.3. The Morgan fingerprint density at radius 1 is 0.581 bits per heavy atom. The molecule has 1 amide bonds. The average molecular weight is 908 g/mol. The summed E-state index contributed by atoms with van der Waals surface area (Å²) in [5.74, 6) is -0.225. The molecule has 1 rings (SSSR count). The van der Waals surface area contributed by atoms with Crippen molar-refractivity contribution in [3.05, 3.63) is 0 Å². The summed E-state index contributed by atoms with van der Waals surface area (Å²) in [4.78, 5) is 13.1. The Bertz CT molecular complexity index is 1120. The van der Waals surface area contributed by atoms with E-state index in [1.807, 2.05) is 0 Å². The largest absolute Gasteiger partial charge is 0.397 e. The first-order chi connectivity index (χ1) is 30.0. The number of carbonyl (C=O) groups excluding carboxylic acids is 1. The minimum absolute atomic E-state index is 0.225. The maximum Gasteiger partial charge on any atom is 0.397 e. The Balaban J connectivity index is 2.32. The molecule has 1 fully saturated rings. The van der Waals surface area contributed by atoms with Gasteiger partial charge in [-0.05, 0) is 12.8 Å². The van der Waals surface area contributed by atoms with E-state index in [0.29, 0.717) is 12.8 Å². The maximum atomic E-state index is 13.1. The Hall–Kier alpha value is -0.900. The van der Waals surface area contributed by atoms with E-state index < -0.39 is 59.9 Å². The molecular weight excluding hydrogens is 811 g/mol. The van der Waals surface area contributed by atoms with Gasteiger partial charge >= 0.3 is 10.4 Å². The summed E-state index contributed by atoms with van der Waals surface area (Å²) in [6.45, 7) is 3.46. The van der Waals surface area contributed by atoms with Crippen LogP contribution in [0.4, 0.5) is 0 Å². The van der Waals surface area contributed by atoms with Gasteiger partial charge in [-0.3, -0.25) is 9.35 Å². The number of nitrogens with one attached hydrogen (secondary N) is 1. The zero-order valence-corrected chi connectivity index (χ0v) is 40.5. The van der Waals surface area contributed by atoms with Gasteiger partial charge in [0, 0.05) is 6.42 Å². The number of rotatable bonds is 45. The third-order valence-electron chi connectivity index (χ3n) is 12.7. The van der Waals surface area contributed by atoms with E-state index in [4.69, 9.17) is 9.47 Å². The topological polar surface area (TPSA) is 192 Å². The van der Waals surface area contributed by atoms with Crippen molar-refractivity contribution in [3.63, 3.8) is 0 Å². The SMILES string of the molecule is CCCCCCCCCCCCCCCCCCCCCCCCCCC(=O)NC(COC1OC(CO)C(O)C(OS(=O)(=O)O)C1O)C(O)CCCCCCCCCCCCC. The van der Waals surface area contributed by atoms with Crippen LogP contribution in [0.25, 0.3) is 0 Å². The molecule has 0 aromatic carbocycles. The van der Waals surface area contributed by atoms with Gasteiger partial charge in [-0.15, -0.1) is 0 Å². The highest BCUT2D eigenvalue weighted by Crippen LogP contribution is 2.26. The first-order valence-corrected chi connectivity index (χ1v) is 27.3. The minimum atomic E-state index is -5.07. The molecule has 0 aromatic rings. The van der Waals surface area contributed by atoms with E-state index in [1.165, 1.54) is 173 Å². The molecule has 7 unspecified atom stereocenters. The molecule has 1 heterocycles. The van der Waals surface area contributed by atoms with Crippen LogP contribution >= 0.6 is 0 Å². The van der Waals surface area contributed by atoms with Crippen molar-refractivity contribution in [2.75, 3.05) is 13.2 Å². The fraction of sp³-hybridized carbons (Fsp3) is 0.980. The van der Waals surface area contributed by atoms with Gasteiger partial charge in [-0.25, -0.2) is 4.18 Å². The molecule has 7 atom stereocenters. The van der Waals surface area contributed by atoms with E-state index in [1.54, 1.807) is 0 Å². The fourth-order valence-corrected chi connectivity index (χ4v) is 9.15. The molecule has 1 saturated heterocycles. The second-order valence-electron chi connectivity index (χ2n) is 18.5. The first kappa shape index (κ1) is 59.1. The lowest BCUT2D eigenvalue weighted by molar-refractivity contribution is -0.298. The maximum absolute atomic E-state index is 13.1. The van der Waals surface area contributed by atoms with Crippen LogP contribution in [0.3, 0.4) is 0 Å². The Morgan fingerprint density at radius 3 is 1.29 bits per heavy atom. The summed E-state index contributed by atoms with van der Waals surface area (Å²) in [6.07, 6.45) is 35.5. The molecule has 13 heteroatoms. The highest BCUT2D eigenvalue weighted by molar-refractivity contribution is 7.80. The van der Waals surface area contributed by atoms with Crippen LogP contribution in [0.1, 0.15) is 251 Å². The molecule has 0 aromatic heterocycles. The number of ether oxygens (including phenoxy) is 2. The zero-order chi connectivity index (χ0) is 45.5. The first-order valence-electron chi connectivity index (χ1n) is 25.9. The molecule has 0 aliphatic carbocycles. The molecule has 0 spiro atoms. The minimum Gasteiger partial charge on any atom is -0.394 e.